The van der Waals surface area contributed by atoms with Gasteiger partial charge in [0.25, 0.3) is 0 Å². The zero-order chi connectivity index (χ0) is 19.8. The first-order valence-corrected chi connectivity index (χ1v) is 11.1. The van der Waals surface area contributed by atoms with E-state index in [2.05, 4.69) is 22.6 Å². The third kappa shape index (κ3) is 5.42. The average Bonchev–Trinajstić information content (AvgIpc) is 3.35. The molecule has 1 aromatic rings. The Balaban J connectivity index is 0.00000126. The third-order valence-electron chi connectivity index (χ3n) is 5.63. The van der Waals surface area contributed by atoms with Gasteiger partial charge < -0.3 is 14.8 Å². The Morgan fingerprint density at radius 2 is 2.04 bits per heavy atom. The number of ether oxygens (including phenoxy) is 2. The number of amides is 1. The molecule has 3 rings (SSSR count). The van der Waals surface area contributed by atoms with Crippen molar-refractivity contribution in [3.05, 3.63) is 16.6 Å². The summed E-state index contributed by atoms with van der Waals surface area (Å²) in [5.74, 6) is 0.586. The Kier molecular flexibility index (Phi) is 8.99. The van der Waals surface area contributed by atoms with Crippen LogP contribution in [-0.4, -0.2) is 61.0 Å². The van der Waals surface area contributed by atoms with E-state index in [1.807, 2.05) is 32.0 Å². The van der Waals surface area contributed by atoms with Crippen molar-refractivity contribution < 1.29 is 14.3 Å². The van der Waals surface area contributed by atoms with Gasteiger partial charge in [-0.1, -0.05) is 13.8 Å². The van der Waals surface area contributed by atoms with E-state index in [-0.39, 0.29) is 30.3 Å². The molecular weight excluding hydrogens is 362 g/mol. The minimum absolute atomic E-state index is 0.0316. The van der Waals surface area contributed by atoms with Gasteiger partial charge in [-0.05, 0) is 46.1 Å². The molecule has 1 aliphatic heterocycles. The minimum Gasteiger partial charge on any atom is -0.453 e. The Hall–Kier alpha value is -1.18. The van der Waals surface area contributed by atoms with Crippen LogP contribution in [-0.2, 0) is 9.47 Å². The zero-order valence-corrected chi connectivity index (χ0v) is 18.1. The summed E-state index contributed by atoms with van der Waals surface area (Å²) < 4.78 is 11.2. The number of methoxy groups -OCH3 is 1. The lowest BCUT2D eigenvalue weighted by Gasteiger charge is -2.32. The molecule has 1 saturated heterocycles. The zero-order valence-electron chi connectivity index (χ0n) is 17.3. The summed E-state index contributed by atoms with van der Waals surface area (Å²) in [5, 5.41) is 6.64. The van der Waals surface area contributed by atoms with Crippen LogP contribution in [0.4, 0.5) is 4.79 Å². The van der Waals surface area contributed by atoms with Gasteiger partial charge in [-0.3, -0.25) is 4.90 Å². The van der Waals surface area contributed by atoms with Crippen LogP contribution >= 0.6 is 11.3 Å². The lowest BCUT2D eigenvalue weighted by molar-refractivity contribution is -0.00927. The molecule has 3 unspecified atom stereocenters. The molecule has 2 fully saturated rings. The summed E-state index contributed by atoms with van der Waals surface area (Å²) in [4.78, 5) is 18.4. The molecule has 2 heterocycles. The van der Waals surface area contributed by atoms with Gasteiger partial charge >= 0.3 is 6.09 Å². The summed E-state index contributed by atoms with van der Waals surface area (Å²) in [5.41, 5.74) is 0. The lowest BCUT2D eigenvalue weighted by atomic mass is 9.88. The molecule has 1 aromatic heterocycles. The molecule has 0 radical (unpaired) electrons. The van der Waals surface area contributed by atoms with E-state index in [1.54, 1.807) is 11.3 Å². The minimum atomic E-state index is -0.258. The highest BCUT2D eigenvalue weighted by Gasteiger charge is 2.42. The number of nitrogens with one attached hydrogen (secondary N) is 1. The van der Waals surface area contributed by atoms with Gasteiger partial charge in [0.2, 0.25) is 0 Å². The van der Waals surface area contributed by atoms with Crippen LogP contribution in [0.25, 0.3) is 0 Å². The van der Waals surface area contributed by atoms with Crippen molar-refractivity contribution in [3.8, 4) is 0 Å². The number of hydrogen-bond acceptors (Lipinski definition) is 6. The highest BCUT2D eigenvalue weighted by atomic mass is 32.1. The second-order valence-corrected chi connectivity index (χ2v) is 8.03. The standard InChI is InChI=1S/C18H29N3O3S.C2H6/c1-12-10-15(19-2)16(21(12)18(22)23-3)11-24-14-6-4-13(5-7-14)17-20-8-9-25-17;1-2/h8-9,12-16,19H,4-7,10-11H2,1-3H3;1-2H3. The van der Waals surface area contributed by atoms with E-state index in [0.29, 0.717) is 12.5 Å². The summed E-state index contributed by atoms with van der Waals surface area (Å²) >= 11 is 1.76. The van der Waals surface area contributed by atoms with Crippen LogP contribution in [0.15, 0.2) is 11.6 Å². The van der Waals surface area contributed by atoms with Gasteiger partial charge in [-0.25, -0.2) is 9.78 Å². The maximum atomic E-state index is 12.1. The summed E-state index contributed by atoms with van der Waals surface area (Å²) in [6.45, 7) is 6.64. The largest absolute Gasteiger partial charge is 0.453 e. The molecule has 6 nitrogen and oxygen atoms in total. The van der Waals surface area contributed by atoms with Gasteiger partial charge in [-0.2, -0.15) is 0 Å². The number of thiazole rings is 1. The maximum Gasteiger partial charge on any atom is 0.410 e. The second kappa shape index (κ2) is 11.0. The lowest BCUT2D eigenvalue weighted by Crippen LogP contribution is -2.48. The molecule has 154 valence electrons. The van der Waals surface area contributed by atoms with Gasteiger partial charge in [0.15, 0.2) is 0 Å². The van der Waals surface area contributed by atoms with Gasteiger partial charge in [0, 0.05) is 29.6 Å². The SMILES string of the molecule is CC.CNC1CC(C)N(C(=O)OC)C1COC1CCC(c2nccs2)CC1. The number of nitrogens with zero attached hydrogens (tertiary/aromatic N) is 2. The fraction of sp³-hybridized carbons (Fsp3) is 0.800. The maximum absolute atomic E-state index is 12.1. The van der Waals surface area contributed by atoms with Crippen molar-refractivity contribution in [2.75, 3.05) is 20.8 Å². The predicted octanol–water partition coefficient (Wildman–Crippen LogP) is 4.03. The van der Waals surface area contributed by atoms with Crippen molar-refractivity contribution in [2.45, 2.75) is 83.0 Å². The summed E-state index contributed by atoms with van der Waals surface area (Å²) in [6, 6.07) is 0.448. The average molecular weight is 398 g/mol. The summed E-state index contributed by atoms with van der Waals surface area (Å²) in [6.07, 6.45) is 7.24. The topological polar surface area (TPSA) is 63.7 Å². The highest BCUT2D eigenvalue weighted by molar-refractivity contribution is 7.09. The van der Waals surface area contributed by atoms with E-state index >= 15 is 0 Å². The van der Waals surface area contributed by atoms with Crippen molar-refractivity contribution in [1.82, 2.24) is 15.2 Å². The van der Waals surface area contributed by atoms with Gasteiger partial charge in [0.05, 0.1) is 30.9 Å². The van der Waals surface area contributed by atoms with Crippen molar-refractivity contribution in [1.29, 1.82) is 0 Å². The van der Waals surface area contributed by atoms with Crippen molar-refractivity contribution in [3.63, 3.8) is 0 Å². The van der Waals surface area contributed by atoms with Crippen molar-refractivity contribution >= 4 is 17.4 Å². The molecule has 0 spiro atoms. The van der Waals surface area contributed by atoms with E-state index < -0.39 is 0 Å². The van der Waals surface area contributed by atoms with E-state index in [1.165, 1.54) is 12.1 Å². The highest BCUT2D eigenvalue weighted by Crippen LogP contribution is 2.35. The smallest absolute Gasteiger partial charge is 0.410 e. The molecule has 0 bridgehead atoms. The molecular formula is C20H35N3O3S. The van der Waals surface area contributed by atoms with E-state index in [4.69, 9.17) is 9.47 Å². The van der Waals surface area contributed by atoms with E-state index in [0.717, 1.165) is 32.1 Å². The second-order valence-electron chi connectivity index (χ2n) is 7.10. The Bertz CT molecular complexity index is 547. The van der Waals surface area contributed by atoms with Crippen LogP contribution in [0, 0.1) is 0 Å². The number of carbonyl (C=O) groups excluding carboxylic acids is 1. The van der Waals surface area contributed by atoms with Gasteiger partial charge in [0.1, 0.15) is 0 Å². The van der Waals surface area contributed by atoms with Crippen LogP contribution in [0.2, 0.25) is 0 Å². The number of aromatic nitrogens is 1. The monoisotopic (exact) mass is 397 g/mol. The molecule has 1 N–H and O–H groups in total. The molecule has 27 heavy (non-hydrogen) atoms. The number of hydrogen-bond donors (Lipinski definition) is 1. The Labute approximate surface area is 167 Å². The number of rotatable bonds is 5. The predicted molar refractivity (Wildman–Crippen MR) is 109 cm³/mol. The molecule has 1 aliphatic carbocycles. The van der Waals surface area contributed by atoms with Crippen LogP contribution in [0.3, 0.4) is 0 Å². The van der Waals surface area contributed by atoms with Crippen LogP contribution < -0.4 is 5.32 Å². The van der Waals surface area contributed by atoms with Gasteiger partial charge in [-0.15, -0.1) is 11.3 Å². The molecule has 0 aromatic carbocycles. The first kappa shape index (κ1) is 22.1. The Morgan fingerprint density at radius 3 is 2.59 bits per heavy atom. The molecule has 1 saturated carbocycles. The summed E-state index contributed by atoms with van der Waals surface area (Å²) in [7, 11) is 3.39. The van der Waals surface area contributed by atoms with E-state index in [9.17, 15) is 4.79 Å². The first-order valence-electron chi connectivity index (χ1n) is 10.2. The number of likely N-dealkylation sites (tertiary alicyclic amines) is 1. The van der Waals surface area contributed by atoms with Crippen LogP contribution in [0.5, 0.6) is 0 Å². The fourth-order valence-corrected chi connectivity index (χ4v) is 5.04. The third-order valence-corrected chi connectivity index (χ3v) is 6.56. The van der Waals surface area contributed by atoms with Crippen molar-refractivity contribution in [2.24, 2.45) is 0 Å². The fourth-order valence-electron chi connectivity index (χ4n) is 4.23. The Morgan fingerprint density at radius 1 is 1.33 bits per heavy atom. The molecule has 3 atom stereocenters. The number of carbonyl (C=O) groups is 1. The molecule has 2 aliphatic rings. The number of likely N-dealkylation sites (N-methyl/N-ethyl adjacent to an activating group) is 1. The normalized spacial score (nSPS) is 30.6. The first-order chi connectivity index (χ1) is 13.1. The quantitative estimate of drug-likeness (QED) is 0.813. The van der Waals surface area contributed by atoms with Crippen LogP contribution in [0.1, 0.15) is 63.8 Å². The molecule has 7 heteroatoms. The molecule has 1 amide bonds.